The second-order valence-electron chi connectivity index (χ2n) is 6.77. The van der Waals surface area contributed by atoms with Gasteiger partial charge in [0.25, 0.3) is 0 Å². The second-order valence-corrected chi connectivity index (χ2v) is 6.77. The Hall–Kier alpha value is -1.10. The van der Waals surface area contributed by atoms with Gasteiger partial charge in [-0.1, -0.05) is 20.8 Å². The van der Waals surface area contributed by atoms with E-state index in [0.717, 1.165) is 6.42 Å². The summed E-state index contributed by atoms with van der Waals surface area (Å²) in [5.41, 5.74) is 5.78. The maximum absolute atomic E-state index is 12.5. The first-order chi connectivity index (χ1) is 9.10. The largest absolute Gasteiger partial charge is 0.352 e. The minimum atomic E-state index is -0.221. The van der Waals surface area contributed by atoms with Gasteiger partial charge >= 0.3 is 0 Å². The molecule has 0 radical (unpaired) electrons. The molecular weight excluding hydrogens is 254 g/mol. The zero-order valence-corrected chi connectivity index (χ0v) is 13.8. The number of hydrogen-bond donors (Lipinski definition) is 2. The van der Waals surface area contributed by atoms with E-state index >= 15 is 0 Å². The first-order valence-electron chi connectivity index (χ1n) is 7.39. The van der Waals surface area contributed by atoms with Crippen molar-refractivity contribution in [1.82, 2.24) is 10.2 Å². The summed E-state index contributed by atoms with van der Waals surface area (Å²) in [5, 5.41) is 2.80. The van der Waals surface area contributed by atoms with Gasteiger partial charge in [0.05, 0.1) is 12.5 Å². The van der Waals surface area contributed by atoms with Gasteiger partial charge in [0, 0.05) is 19.1 Å². The Morgan fingerprint density at radius 2 is 1.80 bits per heavy atom. The summed E-state index contributed by atoms with van der Waals surface area (Å²) >= 11 is 0. The van der Waals surface area contributed by atoms with Crippen molar-refractivity contribution in [1.29, 1.82) is 0 Å². The quantitative estimate of drug-likeness (QED) is 0.742. The first kappa shape index (κ1) is 18.9. The van der Waals surface area contributed by atoms with E-state index < -0.39 is 0 Å². The highest BCUT2D eigenvalue weighted by atomic mass is 16.2. The van der Waals surface area contributed by atoms with E-state index in [0.29, 0.717) is 13.1 Å². The number of nitrogens with two attached hydrogens (primary N) is 1. The van der Waals surface area contributed by atoms with Crippen molar-refractivity contribution < 1.29 is 9.59 Å². The van der Waals surface area contributed by atoms with Gasteiger partial charge in [0.1, 0.15) is 0 Å². The number of amides is 2. The molecule has 0 rings (SSSR count). The summed E-state index contributed by atoms with van der Waals surface area (Å²) in [6.07, 6.45) is 0.727. The lowest BCUT2D eigenvalue weighted by Crippen LogP contribution is -2.46. The van der Waals surface area contributed by atoms with Gasteiger partial charge in [-0.25, -0.2) is 0 Å². The van der Waals surface area contributed by atoms with Crippen LogP contribution in [0.3, 0.4) is 0 Å². The molecular formula is C15H31N3O2. The third-order valence-corrected chi connectivity index (χ3v) is 2.97. The van der Waals surface area contributed by atoms with Gasteiger partial charge in [-0.15, -0.1) is 0 Å². The van der Waals surface area contributed by atoms with Gasteiger partial charge < -0.3 is 16.0 Å². The maximum atomic E-state index is 12.5. The molecule has 0 bridgehead atoms. The molecule has 2 amide bonds. The number of carbonyl (C=O) groups is 2. The molecule has 0 aliphatic carbocycles. The van der Waals surface area contributed by atoms with Crippen molar-refractivity contribution in [2.45, 2.75) is 54.0 Å². The van der Waals surface area contributed by atoms with Crippen LogP contribution >= 0.6 is 0 Å². The van der Waals surface area contributed by atoms with E-state index in [2.05, 4.69) is 26.1 Å². The van der Waals surface area contributed by atoms with Crippen LogP contribution in [0.25, 0.3) is 0 Å². The molecule has 5 heteroatoms. The van der Waals surface area contributed by atoms with Crippen LogP contribution in [0.1, 0.15) is 48.0 Å². The topological polar surface area (TPSA) is 75.4 Å². The van der Waals surface area contributed by atoms with E-state index in [9.17, 15) is 9.59 Å². The van der Waals surface area contributed by atoms with E-state index in [4.69, 9.17) is 5.73 Å². The van der Waals surface area contributed by atoms with Crippen LogP contribution in [-0.2, 0) is 9.59 Å². The number of hydrogen-bond acceptors (Lipinski definition) is 3. The average Bonchev–Trinajstić information content (AvgIpc) is 2.30. The highest BCUT2D eigenvalue weighted by Gasteiger charge is 2.28. The molecule has 0 spiro atoms. The molecule has 1 unspecified atom stereocenters. The summed E-state index contributed by atoms with van der Waals surface area (Å²) in [6, 6.07) is 0.0798. The van der Waals surface area contributed by atoms with E-state index in [1.165, 1.54) is 0 Å². The van der Waals surface area contributed by atoms with Gasteiger partial charge in [0.2, 0.25) is 11.8 Å². The predicted octanol–water partition coefficient (Wildman–Crippen LogP) is 1.37. The Balaban J connectivity index is 4.69. The molecule has 0 aliphatic rings. The fourth-order valence-electron chi connectivity index (χ4n) is 2.16. The number of nitrogens with zero attached hydrogens (tertiary/aromatic N) is 1. The van der Waals surface area contributed by atoms with Crippen molar-refractivity contribution in [2.24, 2.45) is 17.1 Å². The zero-order valence-electron chi connectivity index (χ0n) is 13.8. The Bertz CT molecular complexity index is 322. The van der Waals surface area contributed by atoms with E-state index in [1.807, 2.05) is 20.8 Å². The molecule has 5 nitrogen and oxygen atoms in total. The molecule has 20 heavy (non-hydrogen) atoms. The van der Waals surface area contributed by atoms with E-state index in [-0.39, 0.29) is 35.7 Å². The van der Waals surface area contributed by atoms with Gasteiger partial charge in [0.15, 0.2) is 0 Å². The van der Waals surface area contributed by atoms with Crippen LogP contribution in [0, 0.1) is 11.3 Å². The lowest BCUT2D eigenvalue weighted by atomic mass is 9.84. The van der Waals surface area contributed by atoms with Crippen LogP contribution < -0.4 is 11.1 Å². The molecule has 3 N–H and O–H groups in total. The maximum Gasteiger partial charge on any atom is 0.239 e. The molecule has 0 aromatic heterocycles. The van der Waals surface area contributed by atoms with Gasteiger partial charge in [-0.05, 0) is 32.6 Å². The summed E-state index contributed by atoms with van der Waals surface area (Å²) in [5.74, 6) is -0.368. The summed E-state index contributed by atoms with van der Waals surface area (Å²) < 4.78 is 0. The van der Waals surface area contributed by atoms with Crippen molar-refractivity contribution >= 4 is 11.8 Å². The number of nitrogens with one attached hydrogen (secondary N) is 1. The van der Waals surface area contributed by atoms with Gasteiger partial charge in [-0.3, -0.25) is 9.59 Å². The third-order valence-electron chi connectivity index (χ3n) is 2.97. The highest BCUT2D eigenvalue weighted by molar-refractivity contribution is 5.86. The molecule has 118 valence electrons. The standard InChI is InChI=1S/C15H31N3O2/c1-7-18(10-13(19)17-11(2)3)14(20)12(9-16)8-15(4,5)6/h11-12H,7-10,16H2,1-6H3,(H,17,19). The van der Waals surface area contributed by atoms with Crippen molar-refractivity contribution in [3.63, 3.8) is 0 Å². The number of carbonyl (C=O) groups excluding carboxylic acids is 2. The first-order valence-corrected chi connectivity index (χ1v) is 7.39. The zero-order chi connectivity index (χ0) is 15.9. The number of rotatable bonds is 7. The average molecular weight is 285 g/mol. The third kappa shape index (κ3) is 7.48. The van der Waals surface area contributed by atoms with Crippen LogP contribution in [0.5, 0.6) is 0 Å². The number of likely N-dealkylation sites (N-methyl/N-ethyl adjacent to an activating group) is 1. The fraction of sp³-hybridized carbons (Fsp3) is 0.867. The summed E-state index contributed by atoms with van der Waals surface area (Å²) in [4.78, 5) is 25.8. The van der Waals surface area contributed by atoms with Crippen LogP contribution in [0.4, 0.5) is 0 Å². The minimum absolute atomic E-state index is 0.0242. The van der Waals surface area contributed by atoms with Crippen molar-refractivity contribution in [2.75, 3.05) is 19.6 Å². The highest BCUT2D eigenvalue weighted by Crippen LogP contribution is 2.25. The Morgan fingerprint density at radius 3 is 2.15 bits per heavy atom. The monoisotopic (exact) mass is 285 g/mol. The fourth-order valence-corrected chi connectivity index (χ4v) is 2.16. The molecule has 0 saturated heterocycles. The SMILES string of the molecule is CCN(CC(=O)NC(C)C)C(=O)C(CN)CC(C)(C)C. The Labute approximate surface area is 123 Å². The molecule has 0 saturated carbocycles. The normalized spacial score (nSPS) is 13.2. The van der Waals surface area contributed by atoms with Gasteiger partial charge in [-0.2, -0.15) is 0 Å². The summed E-state index contributed by atoms with van der Waals surface area (Å²) in [7, 11) is 0. The lowest BCUT2D eigenvalue weighted by Gasteiger charge is -2.29. The van der Waals surface area contributed by atoms with Crippen molar-refractivity contribution in [3.8, 4) is 0 Å². The molecule has 0 fully saturated rings. The smallest absolute Gasteiger partial charge is 0.239 e. The lowest BCUT2D eigenvalue weighted by molar-refractivity contribution is -0.139. The predicted molar refractivity (Wildman–Crippen MR) is 82.1 cm³/mol. The summed E-state index contributed by atoms with van der Waals surface area (Å²) in [6.45, 7) is 12.9. The molecule has 0 aromatic rings. The molecule has 0 aromatic carbocycles. The van der Waals surface area contributed by atoms with Crippen LogP contribution in [0.15, 0.2) is 0 Å². The van der Waals surface area contributed by atoms with Crippen LogP contribution in [-0.4, -0.2) is 42.4 Å². The Kier molecular flexibility index (Phi) is 7.79. The second kappa shape index (κ2) is 8.25. The molecule has 0 aliphatic heterocycles. The molecule has 0 heterocycles. The molecule has 1 atom stereocenters. The Morgan fingerprint density at radius 1 is 1.25 bits per heavy atom. The van der Waals surface area contributed by atoms with E-state index in [1.54, 1.807) is 4.90 Å². The minimum Gasteiger partial charge on any atom is -0.352 e. The van der Waals surface area contributed by atoms with Crippen molar-refractivity contribution in [3.05, 3.63) is 0 Å². The van der Waals surface area contributed by atoms with Crippen LogP contribution in [0.2, 0.25) is 0 Å².